The summed E-state index contributed by atoms with van der Waals surface area (Å²) in [5.74, 6) is -1.80. The van der Waals surface area contributed by atoms with Gasteiger partial charge in [0.1, 0.15) is 6.04 Å². The zero-order valence-electron chi connectivity index (χ0n) is 12.0. The quantitative estimate of drug-likeness (QED) is 0.510. The van der Waals surface area contributed by atoms with Crippen LogP contribution in [0.25, 0.3) is 0 Å². The van der Waals surface area contributed by atoms with E-state index in [-0.39, 0.29) is 25.5 Å². The van der Waals surface area contributed by atoms with E-state index in [4.69, 9.17) is 15.9 Å². The van der Waals surface area contributed by atoms with Crippen molar-refractivity contribution in [3.8, 4) is 0 Å². The summed E-state index contributed by atoms with van der Waals surface area (Å²) < 4.78 is 0. The van der Waals surface area contributed by atoms with Crippen LogP contribution in [0.1, 0.15) is 38.5 Å². The molecule has 1 fully saturated rings. The third-order valence-electron chi connectivity index (χ3n) is 3.63. The van der Waals surface area contributed by atoms with E-state index in [0.717, 1.165) is 19.3 Å². The van der Waals surface area contributed by atoms with Gasteiger partial charge in [-0.2, -0.15) is 0 Å². The number of rotatable bonds is 7. The molecular weight excluding hydrogens is 278 g/mol. The van der Waals surface area contributed by atoms with Gasteiger partial charge in [-0.3, -0.25) is 4.79 Å². The number of carbonyl (C=O) groups is 3. The van der Waals surface area contributed by atoms with Gasteiger partial charge in [-0.25, -0.2) is 9.59 Å². The van der Waals surface area contributed by atoms with Gasteiger partial charge in [-0.05, 0) is 32.1 Å². The molecule has 8 nitrogen and oxygen atoms in total. The van der Waals surface area contributed by atoms with E-state index in [0.29, 0.717) is 13.0 Å². The zero-order valence-corrected chi connectivity index (χ0v) is 12.0. The minimum atomic E-state index is -1.19. The fraction of sp³-hybridized carbons (Fsp3) is 0.769. The number of urea groups is 1. The summed E-state index contributed by atoms with van der Waals surface area (Å²) >= 11 is 0. The van der Waals surface area contributed by atoms with Gasteiger partial charge in [0.25, 0.3) is 0 Å². The Balaban J connectivity index is 2.61. The van der Waals surface area contributed by atoms with Crippen LogP contribution in [0.3, 0.4) is 0 Å². The molecule has 0 aliphatic carbocycles. The summed E-state index contributed by atoms with van der Waals surface area (Å²) in [4.78, 5) is 35.6. The first-order valence-corrected chi connectivity index (χ1v) is 7.14. The van der Waals surface area contributed by atoms with Gasteiger partial charge in [0.15, 0.2) is 0 Å². The smallest absolute Gasteiger partial charge is 0.326 e. The van der Waals surface area contributed by atoms with E-state index in [1.165, 1.54) is 0 Å². The van der Waals surface area contributed by atoms with Gasteiger partial charge in [0, 0.05) is 25.6 Å². The molecular formula is C13H23N3O5. The minimum absolute atomic E-state index is 0.0154. The first-order chi connectivity index (χ1) is 9.95. The van der Waals surface area contributed by atoms with E-state index in [2.05, 4.69) is 5.32 Å². The van der Waals surface area contributed by atoms with Crippen LogP contribution in [0.2, 0.25) is 0 Å². The summed E-state index contributed by atoms with van der Waals surface area (Å²) in [5.41, 5.74) is 4.99. The summed E-state index contributed by atoms with van der Waals surface area (Å²) in [7, 11) is 0. The molecule has 0 aromatic carbocycles. The zero-order chi connectivity index (χ0) is 15.8. The number of primary amides is 1. The minimum Gasteiger partial charge on any atom is -0.480 e. The lowest BCUT2D eigenvalue weighted by Gasteiger charge is -2.36. The molecule has 0 bridgehead atoms. The summed E-state index contributed by atoms with van der Waals surface area (Å²) in [6.07, 6.45) is 2.98. The number of amides is 3. The maximum Gasteiger partial charge on any atom is 0.326 e. The predicted molar refractivity (Wildman–Crippen MR) is 74.4 cm³/mol. The van der Waals surface area contributed by atoms with Gasteiger partial charge < -0.3 is 26.2 Å². The van der Waals surface area contributed by atoms with Crippen molar-refractivity contribution in [2.45, 2.75) is 50.6 Å². The molecule has 2 unspecified atom stereocenters. The fourth-order valence-electron chi connectivity index (χ4n) is 2.49. The van der Waals surface area contributed by atoms with Crippen molar-refractivity contribution in [3.63, 3.8) is 0 Å². The van der Waals surface area contributed by atoms with Crippen LogP contribution in [0.15, 0.2) is 0 Å². The lowest BCUT2D eigenvalue weighted by molar-refractivity contribution is -0.139. The maximum atomic E-state index is 12.2. The number of carboxylic acids is 1. The molecule has 0 radical (unpaired) electrons. The number of aliphatic hydroxyl groups excluding tert-OH is 1. The molecule has 0 spiro atoms. The van der Waals surface area contributed by atoms with Gasteiger partial charge in [0.05, 0.1) is 0 Å². The van der Waals surface area contributed by atoms with Crippen molar-refractivity contribution in [2.75, 3.05) is 13.2 Å². The molecule has 8 heteroatoms. The van der Waals surface area contributed by atoms with Crippen molar-refractivity contribution >= 4 is 17.9 Å². The largest absolute Gasteiger partial charge is 0.480 e. The van der Waals surface area contributed by atoms with E-state index >= 15 is 0 Å². The molecule has 1 saturated heterocycles. The van der Waals surface area contributed by atoms with E-state index in [1.54, 1.807) is 4.90 Å². The first kappa shape index (κ1) is 17.2. The number of hydrogen-bond donors (Lipinski definition) is 4. The molecule has 0 saturated carbocycles. The molecule has 1 aliphatic heterocycles. The average molecular weight is 301 g/mol. The van der Waals surface area contributed by atoms with Crippen LogP contribution in [0.4, 0.5) is 4.79 Å². The number of aliphatic hydroxyl groups is 1. The highest BCUT2D eigenvalue weighted by Gasteiger charge is 2.29. The SMILES string of the molecule is NC(=O)CCC(NC(=O)N1CCCCC1CCO)C(=O)O. The van der Waals surface area contributed by atoms with Crippen molar-refractivity contribution in [1.82, 2.24) is 10.2 Å². The summed E-state index contributed by atoms with van der Waals surface area (Å²) in [5, 5.41) is 20.5. The number of nitrogens with one attached hydrogen (secondary N) is 1. The number of nitrogens with two attached hydrogens (primary N) is 1. The highest BCUT2D eigenvalue weighted by atomic mass is 16.4. The maximum absolute atomic E-state index is 12.2. The second-order valence-corrected chi connectivity index (χ2v) is 5.20. The molecule has 5 N–H and O–H groups in total. The molecule has 0 aromatic rings. The second kappa shape index (κ2) is 8.46. The molecule has 21 heavy (non-hydrogen) atoms. The molecule has 1 aliphatic rings. The fourth-order valence-corrected chi connectivity index (χ4v) is 2.49. The van der Waals surface area contributed by atoms with Crippen LogP contribution < -0.4 is 11.1 Å². The first-order valence-electron chi connectivity index (χ1n) is 7.14. The Morgan fingerprint density at radius 3 is 2.62 bits per heavy atom. The van der Waals surface area contributed by atoms with E-state index < -0.39 is 23.9 Å². The normalized spacial score (nSPS) is 19.9. The third kappa shape index (κ3) is 5.58. The topological polar surface area (TPSA) is 133 Å². The van der Waals surface area contributed by atoms with Crippen LogP contribution >= 0.6 is 0 Å². The summed E-state index contributed by atoms with van der Waals surface area (Å²) in [6.45, 7) is 0.525. The lowest BCUT2D eigenvalue weighted by atomic mass is 10.00. The van der Waals surface area contributed by atoms with Crippen LogP contribution in [-0.2, 0) is 9.59 Å². The number of aliphatic carboxylic acids is 1. The predicted octanol–water partition coefficient (Wildman–Crippen LogP) is -0.348. The van der Waals surface area contributed by atoms with Crippen LogP contribution in [0, 0.1) is 0 Å². The van der Waals surface area contributed by atoms with Crippen molar-refractivity contribution in [1.29, 1.82) is 0 Å². The van der Waals surface area contributed by atoms with Crippen LogP contribution in [0.5, 0.6) is 0 Å². The standard InChI is InChI=1S/C13H23N3O5/c14-11(18)5-4-10(12(19)20)15-13(21)16-7-2-1-3-9(16)6-8-17/h9-10,17H,1-8H2,(H2,14,18)(H,15,21)(H,19,20). The Morgan fingerprint density at radius 1 is 1.33 bits per heavy atom. The molecule has 1 heterocycles. The third-order valence-corrected chi connectivity index (χ3v) is 3.63. The molecule has 1 rings (SSSR count). The Labute approximate surface area is 123 Å². The van der Waals surface area contributed by atoms with Gasteiger partial charge in [-0.15, -0.1) is 0 Å². The Morgan fingerprint density at radius 2 is 2.05 bits per heavy atom. The molecule has 3 amide bonds. The highest BCUT2D eigenvalue weighted by Crippen LogP contribution is 2.19. The second-order valence-electron chi connectivity index (χ2n) is 5.20. The van der Waals surface area contributed by atoms with Gasteiger partial charge in [-0.1, -0.05) is 0 Å². The molecule has 2 atom stereocenters. The monoisotopic (exact) mass is 301 g/mol. The number of nitrogens with zero attached hydrogens (tertiary/aromatic N) is 1. The number of carboxylic acid groups (broad SMARTS) is 1. The number of likely N-dealkylation sites (tertiary alicyclic amines) is 1. The molecule has 0 aromatic heterocycles. The van der Waals surface area contributed by atoms with Gasteiger partial charge >= 0.3 is 12.0 Å². The van der Waals surface area contributed by atoms with E-state index in [1.807, 2.05) is 0 Å². The Bertz CT molecular complexity index is 386. The summed E-state index contributed by atoms with van der Waals surface area (Å²) in [6, 6.07) is -1.68. The number of piperidine rings is 1. The Kier molecular flexibility index (Phi) is 6.93. The van der Waals surface area contributed by atoms with E-state index in [9.17, 15) is 14.4 Å². The highest BCUT2D eigenvalue weighted by molar-refractivity contribution is 5.83. The number of carbonyl (C=O) groups excluding carboxylic acids is 2. The molecule has 120 valence electrons. The van der Waals surface area contributed by atoms with Crippen molar-refractivity contribution in [3.05, 3.63) is 0 Å². The van der Waals surface area contributed by atoms with Crippen molar-refractivity contribution in [2.24, 2.45) is 5.73 Å². The lowest BCUT2D eigenvalue weighted by Crippen LogP contribution is -2.53. The average Bonchev–Trinajstić information content (AvgIpc) is 2.43. The number of hydrogen-bond acceptors (Lipinski definition) is 4. The van der Waals surface area contributed by atoms with Crippen molar-refractivity contribution < 1.29 is 24.6 Å². The van der Waals surface area contributed by atoms with Crippen LogP contribution in [-0.4, -0.2) is 58.3 Å². The Hall–Kier alpha value is -1.83. The van der Waals surface area contributed by atoms with Gasteiger partial charge in [0.2, 0.25) is 5.91 Å².